The lowest BCUT2D eigenvalue weighted by Crippen LogP contribution is -2.38. The van der Waals surface area contributed by atoms with Crippen LogP contribution in [0.15, 0.2) is 73.8 Å². The van der Waals surface area contributed by atoms with Gasteiger partial charge < -0.3 is 15.8 Å². The van der Waals surface area contributed by atoms with Crippen molar-refractivity contribution in [1.82, 2.24) is 14.5 Å². The van der Waals surface area contributed by atoms with Crippen LogP contribution in [0, 0.1) is 17.2 Å². The molecule has 39 heavy (non-hydrogen) atoms. The lowest BCUT2D eigenvalue weighted by Gasteiger charge is -2.21. The Balaban J connectivity index is 1.80. The highest BCUT2D eigenvalue weighted by Gasteiger charge is 2.25. The molecule has 3 heterocycles. The molecule has 0 spiro atoms. The normalized spacial score (nSPS) is 13.2. The van der Waals surface area contributed by atoms with Crippen LogP contribution >= 0.6 is 0 Å². The summed E-state index contributed by atoms with van der Waals surface area (Å²) in [5, 5.41) is 13.0. The third kappa shape index (κ3) is 5.87. The number of pyridine rings is 2. The minimum absolute atomic E-state index is 0.0169. The van der Waals surface area contributed by atoms with Gasteiger partial charge in [-0.15, -0.1) is 0 Å². The van der Waals surface area contributed by atoms with Crippen molar-refractivity contribution in [3.05, 3.63) is 79.4 Å². The molecule has 9 nitrogen and oxygen atoms in total. The van der Waals surface area contributed by atoms with Crippen LogP contribution in [0.1, 0.15) is 39.0 Å². The summed E-state index contributed by atoms with van der Waals surface area (Å²) in [6.45, 7) is 9.13. The topological polar surface area (TPSA) is 136 Å². The van der Waals surface area contributed by atoms with Gasteiger partial charge in [-0.25, -0.2) is 4.98 Å². The molecule has 0 fully saturated rings. The van der Waals surface area contributed by atoms with Crippen molar-refractivity contribution in [2.45, 2.75) is 39.5 Å². The molecule has 3 aromatic heterocycles. The number of esters is 1. The van der Waals surface area contributed by atoms with E-state index in [4.69, 9.17) is 15.5 Å². The first-order valence-corrected chi connectivity index (χ1v) is 12.6. The van der Waals surface area contributed by atoms with E-state index >= 15 is 0 Å². The second kappa shape index (κ2) is 11.7. The fraction of sp³-hybridized carbons (Fsp3) is 0.233. The molecule has 0 radical (unpaired) electrons. The van der Waals surface area contributed by atoms with Crippen molar-refractivity contribution in [3.63, 3.8) is 0 Å². The Morgan fingerprint density at radius 3 is 2.67 bits per heavy atom. The second-order valence-corrected chi connectivity index (χ2v) is 9.34. The van der Waals surface area contributed by atoms with Crippen LogP contribution in [0.25, 0.3) is 33.3 Å². The van der Waals surface area contributed by atoms with Gasteiger partial charge in [0.05, 0.1) is 23.5 Å². The summed E-state index contributed by atoms with van der Waals surface area (Å²) in [4.78, 5) is 33.5. The molecule has 1 amide bonds. The maximum atomic E-state index is 12.7. The van der Waals surface area contributed by atoms with Crippen LogP contribution in [0.3, 0.4) is 0 Å². The number of hydrogen-bond acceptors (Lipinski definition) is 7. The van der Waals surface area contributed by atoms with Crippen LogP contribution in [0.2, 0.25) is 0 Å². The SMILES string of the molecule is C=CC(=O)Nc1cncc(-c2cnc3c(c2)c(-c2cccc(C#N)c2)cn3C(C)OC(=O)C(N)C(C)CC)c1. The number of carbonyl (C=O) groups is 2. The number of benzene rings is 1. The number of fused-ring (bicyclic) bond motifs is 1. The smallest absolute Gasteiger partial charge is 0.325 e. The second-order valence-electron chi connectivity index (χ2n) is 9.34. The maximum Gasteiger partial charge on any atom is 0.325 e. The number of ether oxygens (including phenoxy) is 1. The number of amides is 1. The molecular formula is C30H30N6O3. The van der Waals surface area contributed by atoms with Crippen molar-refractivity contribution in [2.24, 2.45) is 11.7 Å². The van der Waals surface area contributed by atoms with Gasteiger partial charge in [0.25, 0.3) is 0 Å². The van der Waals surface area contributed by atoms with E-state index in [0.717, 1.165) is 34.1 Å². The first kappa shape index (κ1) is 27.2. The molecule has 0 aliphatic rings. The summed E-state index contributed by atoms with van der Waals surface area (Å²) in [7, 11) is 0. The number of nitrogens with zero attached hydrogens (tertiary/aromatic N) is 4. The van der Waals surface area contributed by atoms with Crippen LogP contribution in [-0.2, 0) is 14.3 Å². The highest BCUT2D eigenvalue weighted by atomic mass is 16.6. The van der Waals surface area contributed by atoms with Crippen molar-refractivity contribution in [3.8, 4) is 28.3 Å². The van der Waals surface area contributed by atoms with Gasteiger partial charge in [-0.2, -0.15) is 5.26 Å². The molecule has 3 N–H and O–H groups in total. The quantitative estimate of drug-likeness (QED) is 0.228. The Labute approximate surface area is 226 Å². The van der Waals surface area contributed by atoms with Gasteiger partial charge in [-0.05, 0) is 48.7 Å². The first-order valence-electron chi connectivity index (χ1n) is 12.6. The van der Waals surface area contributed by atoms with Crippen LogP contribution in [-0.4, -0.2) is 32.5 Å². The molecule has 0 saturated carbocycles. The van der Waals surface area contributed by atoms with Gasteiger partial charge >= 0.3 is 5.97 Å². The molecule has 3 atom stereocenters. The molecule has 1 aromatic carbocycles. The standard InChI is InChI=1S/C30H30N6O3/c1-5-18(3)28(32)30(38)39-19(4)36-17-26(21-9-7-8-20(10-21)13-31)25-12-23(15-34-29(25)36)22-11-24(16-33-14-22)35-27(37)6-2/h6-12,14-19,28H,2,5,32H2,1,3-4H3,(H,35,37). The minimum Gasteiger partial charge on any atom is -0.440 e. The van der Waals surface area contributed by atoms with E-state index < -0.39 is 18.2 Å². The Bertz CT molecular complexity index is 1590. The Hall–Kier alpha value is -4.81. The third-order valence-electron chi connectivity index (χ3n) is 6.70. The molecule has 0 aliphatic heterocycles. The van der Waals surface area contributed by atoms with Gasteiger partial charge in [0, 0.05) is 40.7 Å². The highest BCUT2D eigenvalue weighted by molar-refractivity contribution is 5.99. The Morgan fingerprint density at radius 2 is 1.95 bits per heavy atom. The zero-order chi connectivity index (χ0) is 28.1. The van der Waals surface area contributed by atoms with Crippen LogP contribution in [0.4, 0.5) is 5.69 Å². The molecular weight excluding hydrogens is 492 g/mol. The molecule has 0 saturated heterocycles. The lowest BCUT2D eigenvalue weighted by atomic mass is 10.0. The monoisotopic (exact) mass is 522 g/mol. The van der Waals surface area contributed by atoms with Crippen LogP contribution < -0.4 is 11.1 Å². The molecule has 3 unspecified atom stereocenters. The van der Waals surface area contributed by atoms with Gasteiger partial charge in [0.1, 0.15) is 11.7 Å². The van der Waals surface area contributed by atoms with E-state index in [-0.39, 0.29) is 11.8 Å². The number of aromatic nitrogens is 3. The summed E-state index contributed by atoms with van der Waals surface area (Å²) in [5.74, 6) is -0.833. The predicted molar refractivity (Wildman–Crippen MR) is 150 cm³/mol. The molecule has 4 aromatic rings. The van der Waals surface area contributed by atoms with E-state index in [0.29, 0.717) is 16.9 Å². The van der Waals surface area contributed by atoms with Crippen molar-refractivity contribution < 1.29 is 14.3 Å². The number of nitrogens with one attached hydrogen (secondary N) is 1. The molecule has 0 bridgehead atoms. The third-order valence-corrected chi connectivity index (χ3v) is 6.70. The summed E-state index contributed by atoms with van der Waals surface area (Å²) in [6.07, 6.45) is 8.06. The average Bonchev–Trinajstić information content (AvgIpc) is 3.35. The zero-order valence-electron chi connectivity index (χ0n) is 22.1. The van der Waals surface area contributed by atoms with E-state index in [1.54, 1.807) is 48.3 Å². The van der Waals surface area contributed by atoms with Gasteiger partial charge in [0.15, 0.2) is 6.23 Å². The van der Waals surface area contributed by atoms with Crippen molar-refractivity contribution in [1.29, 1.82) is 5.26 Å². The van der Waals surface area contributed by atoms with Crippen LogP contribution in [0.5, 0.6) is 0 Å². The van der Waals surface area contributed by atoms with E-state index in [1.807, 2.05) is 38.2 Å². The molecule has 198 valence electrons. The minimum atomic E-state index is -0.730. The fourth-order valence-electron chi connectivity index (χ4n) is 4.20. The van der Waals surface area contributed by atoms with E-state index in [9.17, 15) is 14.9 Å². The Morgan fingerprint density at radius 1 is 1.18 bits per heavy atom. The fourth-order valence-corrected chi connectivity index (χ4v) is 4.20. The predicted octanol–water partition coefficient (Wildman–Crippen LogP) is 5.20. The Kier molecular flexibility index (Phi) is 8.18. The average molecular weight is 523 g/mol. The lowest BCUT2D eigenvalue weighted by molar-refractivity contribution is -0.155. The summed E-state index contributed by atoms with van der Waals surface area (Å²) >= 11 is 0. The summed E-state index contributed by atoms with van der Waals surface area (Å²) < 4.78 is 7.54. The van der Waals surface area contributed by atoms with Gasteiger partial charge in [0.2, 0.25) is 5.91 Å². The number of carbonyl (C=O) groups excluding carboxylic acids is 2. The number of hydrogen-bond donors (Lipinski definition) is 2. The largest absolute Gasteiger partial charge is 0.440 e. The number of nitriles is 1. The summed E-state index contributed by atoms with van der Waals surface area (Å²) in [6, 6.07) is 12.5. The number of rotatable bonds is 9. The highest BCUT2D eigenvalue weighted by Crippen LogP contribution is 2.35. The van der Waals surface area contributed by atoms with E-state index in [2.05, 4.69) is 22.9 Å². The molecule has 0 aliphatic carbocycles. The van der Waals surface area contributed by atoms with E-state index in [1.165, 1.54) is 6.08 Å². The summed E-state index contributed by atoms with van der Waals surface area (Å²) in [5.41, 5.74) is 10.9. The first-order chi connectivity index (χ1) is 18.7. The van der Waals surface area contributed by atoms with Gasteiger partial charge in [-0.1, -0.05) is 39.0 Å². The van der Waals surface area contributed by atoms with Gasteiger partial charge in [-0.3, -0.25) is 19.1 Å². The zero-order valence-corrected chi connectivity index (χ0v) is 22.1. The maximum absolute atomic E-state index is 12.7. The van der Waals surface area contributed by atoms with Crippen molar-refractivity contribution >= 4 is 28.6 Å². The number of anilines is 1. The molecule has 9 heteroatoms. The van der Waals surface area contributed by atoms with Crippen molar-refractivity contribution in [2.75, 3.05) is 5.32 Å². The molecule has 4 rings (SSSR count). The number of nitrogens with two attached hydrogens (primary N) is 1.